The molecule has 5 aromatic rings. The van der Waals surface area contributed by atoms with Crippen LogP contribution in [0.3, 0.4) is 0 Å². The van der Waals surface area contributed by atoms with Crippen LogP contribution in [0.25, 0.3) is 28.0 Å². The molecule has 0 aliphatic rings. The first-order valence-corrected chi connectivity index (χ1v) is 12.8. The molecular weight excluding hydrogens is 456 g/mol. The maximum absolute atomic E-state index is 12.1. The average Bonchev–Trinajstić information content (AvgIpc) is 3.36. The van der Waals surface area contributed by atoms with Gasteiger partial charge in [0.1, 0.15) is 11.6 Å². The smallest absolute Gasteiger partial charge is 0.154 e. The molecule has 0 saturated heterocycles. The van der Waals surface area contributed by atoms with E-state index in [1.165, 1.54) is 6.26 Å². The largest absolute Gasteiger partial charge is 0.322 e. The SMILES string of the molecule is CS(=O)(=O)Cc1nc2ccccc2n1Cc1cn(-c2ccccc2)nc1-c1ccc(Cl)cc1. The summed E-state index contributed by atoms with van der Waals surface area (Å²) >= 11 is 6.11. The first-order chi connectivity index (χ1) is 15.9. The van der Waals surface area contributed by atoms with Crippen LogP contribution in [0.15, 0.2) is 85.1 Å². The van der Waals surface area contributed by atoms with Gasteiger partial charge in [-0.2, -0.15) is 5.10 Å². The van der Waals surface area contributed by atoms with Gasteiger partial charge in [0.15, 0.2) is 9.84 Å². The molecule has 0 fully saturated rings. The molecule has 2 aromatic heterocycles. The molecule has 0 saturated carbocycles. The number of sulfone groups is 1. The Bertz CT molecular complexity index is 1540. The molecule has 0 atom stereocenters. The Morgan fingerprint density at radius 3 is 2.33 bits per heavy atom. The summed E-state index contributed by atoms with van der Waals surface area (Å²) in [6.07, 6.45) is 3.21. The van der Waals surface area contributed by atoms with Gasteiger partial charge in [0.2, 0.25) is 0 Å². The zero-order chi connectivity index (χ0) is 23.0. The van der Waals surface area contributed by atoms with E-state index in [4.69, 9.17) is 16.7 Å². The van der Waals surface area contributed by atoms with E-state index >= 15 is 0 Å². The summed E-state index contributed by atoms with van der Waals surface area (Å²) in [5.74, 6) is 0.373. The van der Waals surface area contributed by atoms with Crippen molar-refractivity contribution >= 4 is 32.5 Å². The molecule has 0 spiro atoms. The molecule has 33 heavy (non-hydrogen) atoms. The number of para-hydroxylation sites is 3. The number of halogens is 1. The fourth-order valence-electron chi connectivity index (χ4n) is 3.91. The number of aromatic nitrogens is 4. The molecule has 0 aliphatic carbocycles. The number of imidazole rings is 1. The summed E-state index contributed by atoms with van der Waals surface area (Å²) in [6.45, 7) is 0.427. The van der Waals surface area contributed by atoms with Crippen molar-refractivity contribution in [3.63, 3.8) is 0 Å². The molecule has 6 nitrogen and oxygen atoms in total. The first-order valence-electron chi connectivity index (χ1n) is 10.4. The van der Waals surface area contributed by atoms with Crippen molar-refractivity contribution in [2.24, 2.45) is 0 Å². The minimum Gasteiger partial charge on any atom is -0.322 e. The minimum atomic E-state index is -3.26. The van der Waals surface area contributed by atoms with E-state index in [-0.39, 0.29) is 5.75 Å². The molecule has 0 amide bonds. The lowest BCUT2D eigenvalue weighted by Gasteiger charge is -2.09. The van der Waals surface area contributed by atoms with E-state index < -0.39 is 9.84 Å². The third kappa shape index (κ3) is 4.55. The Kier molecular flexibility index (Phi) is 5.52. The van der Waals surface area contributed by atoms with Crippen molar-refractivity contribution in [3.05, 3.63) is 101 Å². The summed E-state index contributed by atoms with van der Waals surface area (Å²) in [6, 6.07) is 25.1. The van der Waals surface area contributed by atoms with E-state index in [0.717, 1.165) is 33.5 Å². The van der Waals surface area contributed by atoms with Gasteiger partial charge in [-0.3, -0.25) is 0 Å². The van der Waals surface area contributed by atoms with Gasteiger partial charge in [-0.1, -0.05) is 54.1 Å². The number of hydrogen-bond donors (Lipinski definition) is 0. The van der Waals surface area contributed by atoms with Gasteiger partial charge in [0, 0.05) is 28.6 Å². The number of hydrogen-bond acceptors (Lipinski definition) is 4. The normalized spacial score (nSPS) is 11.8. The second-order valence-corrected chi connectivity index (χ2v) is 10.5. The Morgan fingerprint density at radius 2 is 1.61 bits per heavy atom. The van der Waals surface area contributed by atoms with Gasteiger partial charge in [0.05, 0.1) is 29.0 Å². The van der Waals surface area contributed by atoms with Crippen LogP contribution in [0.5, 0.6) is 0 Å². The van der Waals surface area contributed by atoms with Gasteiger partial charge in [0.25, 0.3) is 0 Å². The Morgan fingerprint density at radius 1 is 0.909 bits per heavy atom. The molecule has 0 aliphatic heterocycles. The minimum absolute atomic E-state index is 0.134. The van der Waals surface area contributed by atoms with E-state index in [0.29, 0.717) is 17.4 Å². The van der Waals surface area contributed by atoms with Gasteiger partial charge in [-0.05, 0) is 36.4 Å². The number of benzene rings is 3. The van der Waals surface area contributed by atoms with E-state index in [9.17, 15) is 8.42 Å². The van der Waals surface area contributed by atoms with Crippen molar-refractivity contribution in [3.8, 4) is 16.9 Å². The fourth-order valence-corrected chi connectivity index (χ4v) is 4.72. The predicted molar refractivity (Wildman–Crippen MR) is 131 cm³/mol. The van der Waals surface area contributed by atoms with Crippen LogP contribution < -0.4 is 0 Å². The lowest BCUT2D eigenvalue weighted by molar-refractivity contribution is 0.597. The summed E-state index contributed by atoms with van der Waals surface area (Å²) in [7, 11) is -3.26. The molecule has 8 heteroatoms. The van der Waals surface area contributed by atoms with Gasteiger partial charge >= 0.3 is 0 Å². The van der Waals surface area contributed by atoms with Crippen LogP contribution in [0.2, 0.25) is 5.02 Å². The Balaban J connectivity index is 1.67. The predicted octanol–water partition coefficient (Wildman–Crippen LogP) is 5.14. The quantitative estimate of drug-likeness (QED) is 0.340. The molecule has 2 heterocycles. The highest BCUT2D eigenvalue weighted by Gasteiger charge is 2.19. The van der Waals surface area contributed by atoms with E-state index in [1.54, 1.807) is 0 Å². The number of fused-ring (bicyclic) bond motifs is 1. The molecule has 3 aromatic carbocycles. The monoisotopic (exact) mass is 476 g/mol. The maximum Gasteiger partial charge on any atom is 0.154 e. The van der Waals surface area contributed by atoms with Crippen molar-refractivity contribution in [2.45, 2.75) is 12.3 Å². The molecular formula is C25H21ClN4O2S. The zero-order valence-corrected chi connectivity index (χ0v) is 19.5. The van der Waals surface area contributed by atoms with E-state index in [1.807, 2.05) is 94.3 Å². The molecule has 0 bridgehead atoms. The second-order valence-electron chi connectivity index (χ2n) is 7.96. The van der Waals surface area contributed by atoms with Crippen LogP contribution in [0.4, 0.5) is 0 Å². The third-order valence-corrected chi connectivity index (χ3v) is 6.42. The molecule has 5 rings (SSSR count). The third-order valence-electron chi connectivity index (χ3n) is 5.38. The van der Waals surface area contributed by atoms with Crippen molar-refractivity contribution in [1.82, 2.24) is 19.3 Å². The van der Waals surface area contributed by atoms with Gasteiger partial charge < -0.3 is 4.57 Å². The van der Waals surface area contributed by atoms with Crippen molar-refractivity contribution < 1.29 is 8.42 Å². The topological polar surface area (TPSA) is 69.8 Å². The molecule has 0 unspecified atom stereocenters. The lowest BCUT2D eigenvalue weighted by Crippen LogP contribution is -2.10. The van der Waals surface area contributed by atoms with E-state index in [2.05, 4.69) is 4.98 Å². The van der Waals surface area contributed by atoms with Gasteiger partial charge in [-0.25, -0.2) is 18.1 Å². The number of rotatable bonds is 6. The second kappa shape index (κ2) is 8.50. The molecule has 166 valence electrons. The van der Waals surface area contributed by atoms with Crippen molar-refractivity contribution in [1.29, 1.82) is 0 Å². The standard InChI is InChI=1S/C25H21ClN4O2S/c1-33(31,32)17-24-27-22-9-5-6-10-23(22)29(24)15-19-16-30(21-7-3-2-4-8-21)28-25(19)18-11-13-20(26)14-12-18/h2-14,16H,15,17H2,1H3. The summed E-state index contributed by atoms with van der Waals surface area (Å²) in [5.41, 5.74) is 5.26. The summed E-state index contributed by atoms with van der Waals surface area (Å²) in [4.78, 5) is 4.61. The van der Waals surface area contributed by atoms with Crippen LogP contribution >= 0.6 is 11.6 Å². The summed E-state index contributed by atoms with van der Waals surface area (Å²) in [5, 5.41) is 5.52. The molecule has 0 N–H and O–H groups in total. The lowest BCUT2D eigenvalue weighted by atomic mass is 10.1. The highest BCUT2D eigenvalue weighted by Crippen LogP contribution is 2.28. The Hall–Kier alpha value is -3.42. The van der Waals surface area contributed by atoms with Gasteiger partial charge in [-0.15, -0.1) is 0 Å². The number of nitrogens with zero attached hydrogens (tertiary/aromatic N) is 4. The van der Waals surface area contributed by atoms with Crippen LogP contribution in [-0.4, -0.2) is 34.0 Å². The maximum atomic E-state index is 12.1. The first kappa shape index (κ1) is 21.4. The van der Waals surface area contributed by atoms with Crippen molar-refractivity contribution in [2.75, 3.05) is 6.26 Å². The zero-order valence-electron chi connectivity index (χ0n) is 17.9. The summed E-state index contributed by atoms with van der Waals surface area (Å²) < 4.78 is 28.0. The van der Waals surface area contributed by atoms with Crippen LogP contribution in [0.1, 0.15) is 11.4 Å². The highest BCUT2D eigenvalue weighted by atomic mass is 35.5. The van der Waals surface area contributed by atoms with Crippen LogP contribution in [0, 0.1) is 0 Å². The Labute approximate surface area is 197 Å². The highest BCUT2D eigenvalue weighted by molar-refractivity contribution is 7.89. The van der Waals surface area contributed by atoms with Crippen LogP contribution in [-0.2, 0) is 22.1 Å². The molecule has 0 radical (unpaired) electrons. The fraction of sp³-hybridized carbons (Fsp3) is 0.120. The average molecular weight is 477 g/mol.